The number of benzene rings is 1. The molecule has 3 rings (SSSR count). The van der Waals surface area contributed by atoms with E-state index in [9.17, 15) is 5.11 Å². The Hall–Kier alpha value is -0.970. The molecule has 2 atom stereocenters. The summed E-state index contributed by atoms with van der Waals surface area (Å²) < 4.78 is 1.98. The molecule has 0 saturated carbocycles. The van der Waals surface area contributed by atoms with Crippen LogP contribution in [0.25, 0.3) is 0 Å². The van der Waals surface area contributed by atoms with Gasteiger partial charge in [0.1, 0.15) is 0 Å². The van der Waals surface area contributed by atoms with Gasteiger partial charge in [0.05, 0.1) is 17.7 Å². The molecule has 2 unspecified atom stereocenters. The average Bonchev–Trinajstić information content (AvgIpc) is 2.91. The number of halogens is 1. The first-order valence-corrected chi connectivity index (χ1v) is 6.60. The summed E-state index contributed by atoms with van der Waals surface area (Å²) in [6.07, 6.45) is 4.96. The van der Waals surface area contributed by atoms with E-state index >= 15 is 0 Å². The second kappa shape index (κ2) is 4.37. The molecule has 1 aromatic carbocycles. The molecule has 88 valence electrons. The third-order valence-electron chi connectivity index (χ3n) is 2.87. The monoisotopic (exact) mass is 266 g/mol. The van der Waals surface area contributed by atoms with E-state index in [1.165, 1.54) is 0 Å². The Bertz CT molecular complexity index is 529. The quantitative estimate of drug-likeness (QED) is 0.908. The lowest BCUT2D eigenvalue weighted by Crippen LogP contribution is -2.16. The van der Waals surface area contributed by atoms with E-state index in [0.717, 1.165) is 17.0 Å². The molecule has 17 heavy (non-hydrogen) atoms. The number of hydrogen-bond donors (Lipinski definition) is 1. The first-order valence-electron chi connectivity index (χ1n) is 5.34. The minimum Gasteiger partial charge on any atom is -0.387 e. The van der Waals surface area contributed by atoms with E-state index in [-0.39, 0.29) is 5.25 Å². The molecule has 1 aliphatic heterocycles. The van der Waals surface area contributed by atoms with Gasteiger partial charge in [0.15, 0.2) is 0 Å². The Kier molecular flexibility index (Phi) is 2.86. The topological polar surface area (TPSA) is 38.0 Å². The van der Waals surface area contributed by atoms with Crippen molar-refractivity contribution in [1.82, 2.24) is 9.55 Å². The number of rotatable bonds is 2. The van der Waals surface area contributed by atoms with Crippen LogP contribution in [-0.4, -0.2) is 19.9 Å². The van der Waals surface area contributed by atoms with Crippen LogP contribution in [0.3, 0.4) is 0 Å². The lowest BCUT2D eigenvalue weighted by Gasteiger charge is -2.14. The molecule has 1 aliphatic rings. The van der Waals surface area contributed by atoms with Crippen molar-refractivity contribution in [3.8, 4) is 0 Å². The second-order valence-corrected chi connectivity index (χ2v) is 5.76. The number of thioether (sulfide) groups is 1. The van der Waals surface area contributed by atoms with Gasteiger partial charge in [-0.25, -0.2) is 4.98 Å². The number of aromatic nitrogens is 2. The normalized spacial score (nSPS) is 22.7. The molecule has 2 aromatic rings. The van der Waals surface area contributed by atoms with Crippen LogP contribution in [0.4, 0.5) is 0 Å². The molecule has 0 radical (unpaired) electrons. The molecule has 0 aliphatic carbocycles. The fourth-order valence-corrected chi connectivity index (χ4v) is 3.52. The van der Waals surface area contributed by atoms with E-state index in [0.29, 0.717) is 5.02 Å². The van der Waals surface area contributed by atoms with Gasteiger partial charge >= 0.3 is 0 Å². The second-order valence-electron chi connectivity index (χ2n) is 4.04. The van der Waals surface area contributed by atoms with Crippen LogP contribution < -0.4 is 0 Å². The number of aliphatic hydroxyl groups excluding tert-OH is 1. The smallest absolute Gasteiger partial charge is 0.0946 e. The summed E-state index contributed by atoms with van der Waals surface area (Å²) in [4.78, 5) is 5.12. The van der Waals surface area contributed by atoms with Crippen LogP contribution in [0.2, 0.25) is 5.02 Å². The van der Waals surface area contributed by atoms with Crippen molar-refractivity contribution in [2.75, 3.05) is 0 Å². The van der Waals surface area contributed by atoms with Gasteiger partial charge < -0.3 is 9.67 Å². The summed E-state index contributed by atoms with van der Waals surface area (Å²) in [6, 6.07) is 5.68. The van der Waals surface area contributed by atoms with E-state index in [1.54, 1.807) is 24.3 Å². The molecule has 0 saturated heterocycles. The molecule has 1 N–H and O–H groups in total. The lowest BCUT2D eigenvalue weighted by atomic mass is 10.1. The van der Waals surface area contributed by atoms with Crippen molar-refractivity contribution in [2.24, 2.45) is 0 Å². The van der Waals surface area contributed by atoms with Gasteiger partial charge in [0.2, 0.25) is 0 Å². The Balaban J connectivity index is 1.84. The van der Waals surface area contributed by atoms with Crippen molar-refractivity contribution in [1.29, 1.82) is 0 Å². The largest absolute Gasteiger partial charge is 0.387 e. The van der Waals surface area contributed by atoms with Crippen LogP contribution in [0.5, 0.6) is 0 Å². The Morgan fingerprint density at radius 3 is 3.12 bits per heavy atom. The maximum absolute atomic E-state index is 10.3. The fourth-order valence-electron chi connectivity index (χ4n) is 2.03. The molecule has 0 spiro atoms. The summed E-state index contributed by atoms with van der Waals surface area (Å²) in [6.45, 7) is 0.748. The standard InChI is InChI=1S/C12H11ClN2OS/c13-8-1-2-10-9(5-8)12(16)11(17-10)6-15-4-3-14-7-15/h1-5,7,11-12,16H,6H2. The zero-order valence-electron chi connectivity index (χ0n) is 8.95. The zero-order chi connectivity index (χ0) is 11.8. The third kappa shape index (κ3) is 2.08. The van der Waals surface area contributed by atoms with Crippen LogP contribution in [0.1, 0.15) is 11.7 Å². The minimum atomic E-state index is -0.462. The summed E-state index contributed by atoms with van der Waals surface area (Å²) in [5, 5.41) is 11.0. The highest BCUT2D eigenvalue weighted by atomic mass is 35.5. The predicted molar refractivity (Wildman–Crippen MR) is 68.3 cm³/mol. The summed E-state index contributed by atoms with van der Waals surface area (Å²) in [5.41, 5.74) is 0.938. The maximum Gasteiger partial charge on any atom is 0.0946 e. The maximum atomic E-state index is 10.3. The highest BCUT2D eigenvalue weighted by molar-refractivity contribution is 8.00. The molecule has 3 nitrogen and oxygen atoms in total. The Morgan fingerprint density at radius 2 is 2.35 bits per heavy atom. The number of hydrogen-bond acceptors (Lipinski definition) is 3. The van der Waals surface area contributed by atoms with E-state index < -0.39 is 6.10 Å². The van der Waals surface area contributed by atoms with E-state index in [4.69, 9.17) is 11.6 Å². The van der Waals surface area contributed by atoms with Crippen LogP contribution in [0, 0.1) is 0 Å². The lowest BCUT2D eigenvalue weighted by molar-refractivity contribution is 0.170. The zero-order valence-corrected chi connectivity index (χ0v) is 10.5. The number of fused-ring (bicyclic) bond motifs is 1. The van der Waals surface area contributed by atoms with Crippen LogP contribution in [0.15, 0.2) is 41.8 Å². The summed E-state index contributed by atoms with van der Waals surface area (Å²) in [7, 11) is 0. The first-order chi connectivity index (χ1) is 8.24. The van der Waals surface area contributed by atoms with Crippen molar-refractivity contribution in [3.05, 3.63) is 47.5 Å². The molecule has 0 amide bonds. The SMILES string of the molecule is OC1c2cc(Cl)ccc2SC1Cn1ccnc1. The summed E-state index contributed by atoms with van der Waals surface area (Å²) >= 11 is 7.64. The van der Waals surface area contributed by atoms with Crippen molar-refractivity contribution >= 4 is 23.4 Å². The van der Waals surface area contributed by atoms with Gasteiger partial charge in [-0.2, -0.15) is 0 Å². The predicted octanol–water partition coefficient (Wildman–Crippen LogP) is 2.74. The fraction of sp³-hybridized carbons (Fsp3) is 0.250. The highest BCUT2D eigenvalue weighted by Gasteiger charge is 2.32. The minimum absolute atomic E-state index is 0.123. The van der Waals surface area contributed by atoms with Crippen molar-refractivity contribution in [3.63, 3.8) is 0 Å². The number of imidazole rings is 1. The summed E-state index contributed by atoms with van der Waals surface area (Å²) in [5.74, 6) is 0. The molecule has 5 heteroatoms. The molecule has 1 aromatic heterocycles. The van der Waals surface area contributed by atoms with Crippen LogP contribution >= 0.6 is 23.4 Å². The molecular formula is C12H11ClN2OS. The molecule has 0 bridgehead atoms. The molecular weight excluding hydrogens is 256 g/mol. The van der Waals surface area contributed by atoms with Gasteiger partial charge in [-0.3, -0.25) is 0 Å². The van der Waals surface area contributed by atoms with Gasteiger partial charge in [-0.1, -0.05) is 11.6 Å². The average molecular weight is 267 g/mol. The number of aliphatic hydroxyl groups is 1. The van der Waals surface area contributed by atoms with Crippen molar-refractivity contribution in [2.45, 2.75) is 22.8 Å². The molecule has 0 fully saturated rings. The molecule has 2 heterocycles. The Morgan fingerprint density at radius 1 is 1.47 bits per heavy atom. The number of nitrogens with zero attached hydrogens (tertiary/aromatic N) is 2. The van der Waals surface area contributed by atoms with Gasteiger partial charge in [0.25, 0.3) is 0 Å². The van der Waals surface area contributed by atoms with Gasteiger partial charge in [-0.15, -0.1) is 11.8 Å². The van der Waals surface area contributed by atoms with E-state index in [1.807, 2.05) is 29.0 Å². The van der Waals surface area contributed by atoms with Crippen molar-refractivity contribution < 1.29 is 5.11 Å². The van der Waals surface area contributed by atoms with Gasteiger partial charge in [-0.05, 0) is 23.8 Å². The van der Waals surface area contributed by atoms with E-state index in [2.05, 4.69) is 4.98 Å². The highest BCUT2D eigenvalue weighted by Crippen LogP contribution is 2.45. The third-order valence-corrected chi connectivity index (χ3v) is 4.44. The van der Waals surface area contributed by atoms with Gasteiger partial charge in [0, 0.05) is 28.9 Å². The first kappa shape index (κ1) is 11.1. The van der Waals surface area contributed by atoms with Crippen LogP contribution in [-0.2, 0) is 6.54 Å². The Labute approximate surface area is 108 Å².